The normalized spacial score (nSPS) is 15.4. The average molecular weight is 715 g/mol. The molecule has 0 N–H and O–H groups in total. The monoisotopic (exact) mass is 712 g/mol. The predicted octanol–water partition coefficient (Wildman–Crippen LogP) is 9.07. The molecule has 1 atom stereocenters. The Morgan fingerprint density at radius 2 is 1.24 bits per heavy atom. The number of halogens is 2. The maximum absolute atomic E-state index is 8.04. The van der Waals surface area contributed by atoms with Crippen molar-refractivity contribution >= 4 is 51.8 Å². The summed E-state index contributed by atoms with van der Waals surface area (Å²) in [6.07, 6.45) is 3.39. The molecule has 0 spiro atoms. The van der Waals surface area contributed by atoms with Crippen molar-refractivity contribution in [1.29, 1.82) is 0 Å². The fourth-order valence-corrected chi connectivity index (χ4v) is 24.0. The Balaban J connectivity index is 1.39. The van der Waals surface area contributed by atoms with Crippen molar-refractivity contribution in [1.82, 2.24) is 0 Å². The van der Waals surface area contributed by atoms with Gasteiger partial charge in [-0.1, -0.05) is 0 Å². The van der Waals surface area contributed by atoms with Crippen molar-refractivity contribution in [2.45, 2.75) is 17.0 Å². The number of hydrogen-bond acceptors (Lipinski definition) is 0. The summed E-state index contributed by atoms with van der Waals surface area (Å²) in [6, 6.07) is 50.7. The molecule has 0 nitrogen and oxygen atoms in total. The van der Waals surface area contributed by atoms with Crippen LogP contribution in [0, 0.1) is 0 Å². The number of aryl methyl sites for hydroxylation is 1. The molecule has 2 aliphatic rings. The third-order valence-electron chi connectivity index (χ3n) is 9.63. The molecule has 0 amide bonds. The van der Waals surface area contributed by atoms with E-state index in [9.17, 15) is 0 Å². The van der Waals surface area contributed by atoms with Gasteiger partial charge >= 0.3 is 282 Å². The van der Waals surface area contributed by atoms with Crippen LogP contribution in [0.3, 0.4) is 0 Å². The number of fused-ring (bicyclic) bond motifs is 4. The van der Waals surface area contributed by atoms with E-state index in [1.54, 1.807) is 0 Å². The summed E-state index contributed by atoms with van der Waals surface area (Å²) < 4.78 is 1.22. The summed E-state index contributed by atoms with van der Waals surface area (Å²) in [5.74, 6) is 0. The third kappa shape index (κ3) is 4.90. The van der Waals surface area contributed by atoms with E-state index < -0.39 is 27.4 Å². The third-order valence-corrected chi connectivity index (χ3v) is 23.8. The predicted molar refractivity (Wildman–Crippen MR) is 195 cm³/mol. The van der Waals surface area contributed by atoms with Crippen LogP contribution in [0.4, 0.5) is 0 Å². The zero-order valence-corrected chi connectivity index (χ0v) is 30.5. The van der Waals surface area contributed by atoms with Gasteiger partial charge in [0, 0.05) is 0 Å². The molecule has 1 aliphatic carbocycles. The number of rotatable bonds is 6. The van der Waals surface area contributed by atoms with Gasteiger partial charge in [0.1, 0.15) is 0 Å². The summed E-state index contributed by atoms with van der Waals surface area (Å²) >= 11 is -4.19. The Morgan fingerprint density at radius 3 is 2.00 bits per heavy atom. The van der Waals surface area contributed by atoms with Crippen LogP contribution >= 0.6 is 17.0 Å². The fraction of sp³-hybridized carbons (Fsp3) is 0.0732. The molecule has 1 aliphatic heterocycles. The summed E-state index contributed by atoms with van der Waals surface area (Å²) in [7, 11) is 15.4. The van der Waals surface area contributed by atoms with Crippen molar-refractivity contribution in [3.05, 3.63) is 162 Å². The summed E-state index contributed by atoms with van der Waals surface area (Å²) in [4.78, 5) is 0. The van der Waals surface area contributed by atoms with Crippen LogP contribution in [0.2, 0.25) is 0 Å². The Morgan fingerprint density at radius 1 is 0.600 bits per heavy atom. The molecule has 0 fully saturated rings. The number of allylic oxidation sites excluding steroid dienone is 1. The first kappa shape index (κ1) is 29.2. The van der Waals surface area contributed by atoms with Gasteiger partial charge in [-0.2, -0.15) is 0 Å². The average Bonchev–Trinajstić information content (AvgIpc) is 3.68. The van der Waals surface area contributed by atoms with E-state index in [4.69, 9.17) is 17.0 Å². The first-order chi connectivity index (χ1) is 22.1. The second-order valence-corrected chi connectivity index (χ2v) is 27.9. The standard InChI is InChI=1S/C29H23.C12H9Si.2ClH.Zr/c1-2-21-11-9-10-16-26(21)29-27(23-14-7-4-8-15-23)18-17-24-19-25(20-28(24)29)22-12-5-3-6-13-22;1-3-7-11-9(5-1)10-6-2-4-8-12(10)13-11;;;/h3-20H,2H2,1H3;1-7H,13H2;2*1H;/q;;;;+2/p-2. The van der Waals surface area contributed by atoms with E-state index in [0.717, 1.165) is 6.42 Å². The van der Waals surface area contributed by atoms with Crippen LogP contribution in [0.25, 0.3) is 45.0 Å². The molecular weight excluding hydrogens is 683 g/mol. The number of benzene rings is 6. The van der Waals surface area contributed by atoms with Crippen molar-refractivity contribution in [2.24, 2.45) is 0 Å². The van der Waals surface area contributed by atoms with Gasteiger partial charge < -0.3 is 0 Å². The molecule has 45 heavy (non-hydrogen) atoms. The molecule has 6 aromatic rings. The van der Waals surface area contributed by atoms with Crippen LogP contribution in [0.15, 0.2) is 140 Å². The van der Waals surface area contributed by atoms with E-state index in [1.165, 1.54) is 74.9 Å². The molecule has 4 heteroatoms. The van der Waals surface area contributed by atoms with Crippen molar-refractivity contribution in [3.8, 4) is 33.4 Å². The molecule has 6 aromatic carbocycles. The second kappa shape index (κ2) is 11.8. The minimum atomic E-state index is -4.19. The molecular formula is C41H32Cl2SiZr. The molecule has 1 unspecified atom stereocenters. The van der Waals surface area contributed by atoms with Gasteiger partial charge in [0.2, 0.25) is 0 Å². The van der Waals surface area contributed by atoms with Crippen LogP contribution in [-0.4, -0.2) is 9.52 Å². The van der Waals surface area contributed by atoms with Crippen LogP contribution in [0.1, 0.15) is 32.8 Å². The van der Waals surface area contributed by atoms with Gasteiger partial charge in [-0.15, -0.1) is 0 Å². The molecule has 1 heterocycles. The molecule has 218 valence electrons. The topological polar surface area (TPSA) is 0 Å². The van der Waals surface area contributed by atoms with Gasteiger partial charge in [0.05, 0.1) is 0 Å². The van der Waals surface area contributed by atoms with Crippen LogP contribution in [-0.2, 0) is 24.3 Å². The maximum atomic E-state index is 8.04. The Labute approximate surface area is 279 Å². The van der Waals surface area contributed by atoms with Crippen molar-refractivity contribution < 1.29 is 17.9 Å². The van der Waals surface area contributed by atoms with Gasteiger partial charge in [-0.25, -0.2) is 0 Å². The Kier molecular flexibility index (Phi) is 7.67. The zero-order chi connectivity index (χ0) is 30.5. The van der Waals surface area contributed by atoms with E-state index in [2.05, 4.69) is 153 Å². The molecule has 0 saturated heterocycles. The summed E-state index contributed by atoms with van der Waals surface area (Å²) in [5, 5.41) is 2.95. The van der Waals surface area contributed by atoms with Crippen molar-refractivity contribution in [2.75, 3.05) is 0 Å². The van der Waals surface area contributed by atoms with Gasteiger partial charge in [0.15, 0.2) is 0 Å². The molecule has 0 saturated carbocycles. The van der Waals surface area contributed by atoms with Gasteiger partial charge in [0.25, 0.3) is 0 Å². The molecule has 0 bridgehead atoms. The number of hydrogen-bond donors (Lipinski definition) is 0. The first-order valence-electron chi connectivity index (χ1n) is 15.7. The van der Waals surface area contributed by atoms with Gasteiger partial charge in [-0.05, 0) is 0 Å². The Hall–Kier alpha value is -3.26. The minimum absolute atomic E-state index is 0.0402. The van der Waals surface area contributed by atoms with E-state index in [0.29, 0.717) is 0 Å². The van der Waals surface area contributed by atoms with Gasteiger partial charge in [-0.3, -0.25) is 0 Å². The van der Waals surface area contributed by atoms with Crippen LogP contribution < -0.4 is 13.6 Å². The van der Waals surface area contributed by atoms with Crippen LogP contribution in [0.5, 0.6) is 0 Å². The van der Waals surface area contributed by atoms with Crippen molar-refractivity contribution in [3.63, 3.8) is 0 Å². The Bertz CT molecular complexity index is 2100. The molecule has 0 radical (unpaired) electrons. The summed E-state index contributed by atoms with van der Waals surface area (Å²) in [5.41, 5.74) is 14.1. The zero-order valence-electron chi connectivity index (χ0n) is 25.1. The SMILES string of the molecule is CCc1ccccc1-c1c(-c2ccccc2)ccc2c1C=C(c1ccccc1)[CH]2[Zr]([Cl])([Cl])[c]1cccc2c1[SiH2]c1ccccc1-2. The quantitative estimate of drug-likeness (QED) is 0.151. The molecule has 0 aromatic heterocycles. The van der Waals surface area contributed by atoms with E-state index in [1.807, 2.05) is 0 Å². The summed E-state index contributed by atoms with van der Waals surface area (Å²) in [6.45, 7) is 2.25. The van der Waals surface area contributed by atoms with E-state index in [-0.39, 0.29) is 3.63 Å². The first-order valence-corrected chi connectivity index (χ1v) is 26.1. The fourth-order valence-electron chi connectivity index (χ4n) is 7.57. The second-order valence-electron chi connectivity index (χ2n) is 12.1. The molecule has 8 rings (SSSR count). The van der Waals surface area contributed by atoms with E-state index >= 15 is 0 Å².